The standard InChI is InChI=1S/C19H16F2N4O2/c20-15-3-1-13(9-16(15)21)17-11-24(7-8-27-17)19(26)14-2-4-18(23-10-14)25-6-5-22-12-25/h1-6,9-10,12,17H,7-8,11H2. The smallest absolute Gasteiger partial charge is 0.255 e. The number of imidazole rings is 1. The first kappa shape index (κ1) is 17.3. The van der Waals surface area contributed by atoms with Gasteiger partial charge in [-0.25, -0.2) is 18.7 Å². The predicted octanol–water partition coefficient (Wildman–Crippen LogP) is 2.76. The van der Waals surface area contributed by atoms with Crippen LogP contribution in [0.1, 0.15) is 22.0 Å². The number of carbonyl (C=O) groups is 1. The average molecular weight is 370 g/mol. The molecule has 6 nitrogen and oxygen atoms in total. The summed E-state index contributed by atoms with van der Waals surface area (Å²) in [5.41, 5.74) is 0.949. The lowest BCUT2D eigenvalue weighted by molar-refractivity contribution is -0.0229. The number of ether oxygens (including phenoxy) is 1. The van der Waals surface area contributed by atoms with E-state index in [0.717, 1.165) is 12.1 Å². The zero-order valence-corrected chi connectivity index (χ0v) is 14.3. The van der Waals surface area contributed by atoms with E-state index in [-0.39, 0.29) is 12.5 Å². The molecule has 138 valence electrons. The van der Waals surface area contributed by atoms with Crippen LogP contribution in [0, 0.1) is 11.6 Å². The number of morpholine rings is 1. The number of nitrogens with zero attached hydrogens (tertiary/aromatic N) is 4. The van der Waals surface area contributed by atoms with Gasteiger partial charge in [0.05, 0.1) is 18.7 Å². The molecule has 0 spiro atoms. The van der Waals surface area contributed by atoms with Gasteiger partial charge in [0.2, 0.25) is 0 Å². The van der Waals surface area contributed by atoms with Crippen LogP contribution in [0.2, 0.25) is 0 Å². The van der Waals surface area contributed by atoms with Crippen LogP contribution in [0.5, 0.6) is 0 Å². The van der Waals surface area contributed by atoms with Gasteiger partial charge in [-0.3, -0.25) is 9.36 Å². The molecular formula is C19H16F2N4O2. The number of amides is 1. The molecule has 0 aliphatic carbocycles. The lowest BCUT2D eigenvalue weighted by Crippen LogP contribution is -2.42. The quantitative estimate of drug-likeness (QED) is 0.711. The Morgan fingerprint density at radius 2 is 2.07 bits per heavy atom. The van der Waals surface area contributed by atoms with E-state index in [1.165, 1.54) is 12.3 Å². The Bertz CT molecular complexity index is 945. The van der Waals surface area contributed by atoms with Crippen molar-refractivity contribution in [2.45, 2.75) is 6.10 Å². The van der Waals surface area contributed by atoms with Gasteiger partial charge in [-0.1, -0.05) is 6.07 Å². The summed E-state index contributed by atoms with van der Waals surface area (Å²) in [5.74, 6) is -1.37. The van der Waals surface area contributed by atoms with Crippen LogP contribution in [0.4, 0.5) is 8.78 Å². The minimum Gasteiger partial charge on any atom is -0.370 e. The molecular weight excluding hydrogens is 354 g/mol. The highest BCUT2D eigenvalue weighted by molar-refractivity contribution is 5.94. The third-order valence-electron chi connectivity index (χ3n) is 4.43. The topological polar surface area (TPSA) is 60.2 Å². The molecule has 1 aliphatic heterocycles. The van der Waals surface area contributed by atoms with Gasteiger partial charge >= 0.3 is 0 Å². The van der Waals surface area contributed by atoms with Gasteiger partial charge in [0.25, 0.3) is 5.91 Å². The third kappa shape index (κ3) is 3.56. The molecule has 27 heavy (non-hydrogen) atoms. The minimum absolute atomic E-state index is 0.185. The molecule has 1 amide bonds. The number of hydrogen-bond donors (Lipinski definition) is 0. The monoisotopic (exact) mass is 370 g/mol. The van der Waals surface area contributed by atoms with E-state index in [9.17, 15) is 13.6 Å². The molecule has 0 radical (unpaired) electrons. The summed E-state index contributed by atoms with van der Waals surface area (Å²) in [6.07, 6.45) is 6.04. The maximum Gasteiger partial charge on any atom is 0.255 e. The second-order valence-corrected chi connectivity index (χ2v) is 6.16. The summed E-state index contributed by atoms with van der Waals surface area (Å²) in [6, 6.07) is 7.08. The Morgan fingerprint density at radius 1 is 1.19 bits per heavy atom. The highest BCUT2D eigenvalue weighted by Crippen LogP contribution is 2.24. The van der Waals surface area contributed by atoms with Crippen molar-refractivity contribution >= 4 is 5.91 Å². The number of rotatable bonds is 3. The molecule has 1 fully saturated rings. The molecule has 1 aliphatic rings. The van der Waals surface area contributed by atoms with Crippen molar-refractivity contribution in [2.24, 2.45) is 0 Å². The fourth-order valence-corrected chi connectivity index (χ4v) is 2.99. The summed E-state index contributed by atoms with van der Waals surface area (Å²) < 4.78 is 34.0. The number of aromatic nitrogens is 3. The summed E-state index contributed by atoms with van der Waals surface area (Å²) in [7, 11) is 0. The molecule has 0 N–H and O–H groups in total. The van der Waals surface area contributed by atoms with Gasteiger partial charge in [0.15, 0.2) is 11.6 Å². The molecule has 1 atom stereocenters. The number of hydrogen-bond acceptors (Lipinski definition) is 4. The van der Waals surface area contributed by atoms with Crippen LogP contribution in [-0.2, 0) is 4.74 Å². The van der Waals surface area contributed by atoms with Crippen LogP contribution in [0.15, 0.2) is 55.2 Å². The normalized spacial score (nSPS) is 17.1. The zero-order valence-electron chi connectivity index (χ0n) is 14.3. The first-order valence-corrected chi connectivity index (χ1v) is 8.42. The van der Waals surface area contributed by atoms with Crippen molar-refractivity contribution in [2.75, 3.05) is 19.7 Å². The second kappa shape index (κ2) is 7.24. The van der Waals surface area contributed by atoms with Gasteiger partial charge in [-0.15, -0.1) is 0 Å². The average Bonchev–Trinajstić information content (AvgIpc) is 3.25. The fourth-order valence-electron chi connectivity index (χ4n) is 2.99. The van der Waals surface area contributed by atoms with Crippen molar-refractivity contribution in [3.8, 4) is 5.82 Å². The molecule has 4 rings (SSSR count). The van der Waals surface area contributed by atoms with Gasteiger partial charge in [0.1, 0.15) is 18.2 Å². The Hall–Kier alpha value is -3.13. The van der Waals surface area contributed by atoms with Crippen molar-refractivity contribution in [3.63, 3.8) is 0 Å². The molecule has 1 saturated heterocycles. The molecule has 0 bridgehead atoms. The predicted molar refractivity (Wildman–Crippen MR) is 92.3 cm³/mol. The molecule has 8 heteroatoms. The number of halogens is 2. The highest BCUT2D eigenvalue weighted by Gasteiger charge is 2.27. The summed E-state index contributed by atoms with van der Waals surface area (Å²) in [5, 5.41) is 0. The van der Waals surface area contributed by atoms with Crippen molar-refractivity contribution in [1.29, 1.82) is 0 Å². The summed E-state index contributed by atoms with van der Waals surface area (Å²) in [4.78, 5) is 22.7. The second-order valence-electron chi connectivity index (χ2n) is 6.16. The van der Waals surface area contributed by atoms with E-state index < -0.39 is 17.7 Å². The summed E-state index contributed by atoms with van der Waals surface area (Å²) in [6.45, 7) is 0.991. The lowest BCUT2D eigenvalue weighted by atomic mass is 10.1. The Balaban J connectivity index is 1.49. The van der Waals surface area contributed by atoms with Crippen molar-refractivity contribution < 1.29 is 18.3 Å². The molecule has 0 saturated carbocycles. The Morgan fingerprint density at radius 3 is 2.78 bits per heavy atom. The molecule has 3 heterocycles. The molecule has 1 unspecified atom stereocenters. The SMILES string of the molecule is O=C(c1ccc(-n2ccnc2)nc1)N1CCOC(c2ccc(F)c(F)c2)C1. The van der Waals surface area contributed by atoms with Crippen LogP contribution < -0.4 is 0 Å². The third-order valence-corrected chi connectivity index (χ3v) is 4.43. The molecule has 1 aromatic carbocycles. The van der Waals surface area contributed by atoms with E-state index in [0.29, 0.717) is 30.1 Å². The van der Waals surface area contributed by atoms with Gasteiger partial charge in [-0.2, -0.15) is 0 Å². The van der Waals surface area contributed by atoms with E-state index in [4.69, 9.17) is 4.74 Å². The highest BCUT2D eigenvalue weighted by atomic mass is 19.2. The van der Waals surface area contributed by atoms with Gasteiger partial charge < -0.3 is 9.64 Å². The fraction of sp³-hybridized carbons (Fsp3) is 0.211. The first-order chi connectivity index (χ1) is 13.1. The minimum atomic E-state index is -0.932. The maximum atomic E-state index is 13.5. The van der Waals surface area contributed by atoms with E-state index in [1.54, 1.807) is 40.3 Å². The Kier molecular flexibility index (Phi) is 4.64. The molecule has 2 aromatic heterocycles. The van der Waals surface area contributed by atoms with Crippen LogP contribution >= 0.6 is 0 Å². The first-order valence-electron chi connectivity index (χ1n) is 8.42. The molecule has 3 aromatic rings. The van der Waals surface area contributed by atoms with Gasteiger partial charge in [0, 0.05) is 25.1 Å². The summed E-state index contributed by atoms with van der Waals surface area (Å²) >= 11 is 0. The van der Waals surface area contributed by atoms with Crippen molar-refractivity contribution in [3.05, 3.63) is 78.0 Å². The lowest BCUT2D eigenvalue weighted by Gasteiger charge is -2.33. The van der Waals surface area contributed by atoms with Crippen LogP contribution in [-0.4, -0.2) is 45.0 Å². The largest absolute Gasteiger partial charge is 0.370 e. The number of pyridine rings is 1. The number of carbonyl (C=O) groups excluding carboxylic acids is 1. The van der Waals surface area contributed by atoms with Crippen molar-refractivity contribution in [1.82, 2.24) is 19.4 Å². The Labute approximate surface area is 154 Å². The zero-order chi connectivity index (χ0) is 18.8. The van der Waals surface area contributed by atoms with Crippen LogP contribution in [0.3, 0.4) is 0 Å². The van der Waals surface area contributed by atoms with Gasteiger partial charge in [-0.05, 0) is 29.8 Å². The van der Waals surface area contributed by atoms with Crippen LogP contribution in [0.25, 0.3) is 5.82 Å². The maximum absolute atomic E-state index is 13.5. The van der Waals surface area contributed by atoms with E-state index in [1.807, 2.05) is 0 Å². The van der Waals surface area contributed by atoms with E-state index in [2.05, 4.69) is 9.97 Å². The van der Waals surface area contributed by atoms with E-state index >= 15 is 0 Å². The number of benzene rings is 1.